The number of primary sulfonamides is 1. The third-order valence-electron chi connectivity index (χ3n) is 4.72. The molecule has 14 heteroatoms. The maximum atomic E-state index is 13.6. The van der Waals surface area contributed by atoms with E-state index in [2.05, 4.69) is 25.6 Å². The summed E-state index contributed by atoms with van der Waals surface area (Å²) in [5.74, 6) is -0.0410. The van der Waals surface area contributed by atoms with Gasteiger partial charge < -0.3 is 10.3 Å². The monoisotopic (exact) mass is 464 g/mol. The van der Waals surface area contributed by atoms with Crippen molar-refractivity contribution in [2.45, 2.75) is 11.1 Å². The lowest BCUT2D eigenvalue weighted by molar-refractivity contribution is -0.139. The number of imidazole rings is 1. The van der Waals surface area contributed by atoms with Crippen molar-refractivity contribution in [3.8, 4) is 33.8 Å². The molecule has 166 valence electrons. The van der Waals surface area contributed by atoms with E-state index in [1.807, 2.05) is 0 Å². The molecule has 4 rings (SSSR count). The van der Waals surface area contributed by atoms with E-state index in [1.54, 1.807) is 42.1 Å². The van der Waals surface area contributed by atoms with Gasteiger partial charge in [-0.2, -0.15) is 18.4 Å². The molecule has 0 fully saturated rings. The highest BCUT2D eigenvalue weighted by atomic mass is 32.2. The highest BCUT2D eigenvalue weighted by Crippen LogP contribution is 2.43. The molecule has 0 amide bonds. The van der Waals surface area contributed by atoms with Crippen LogP contribution in [0, 0.1) is 0 Å². The van der Waals surface area contributed by atoms with Crippen LogP contribution in [0.25, 0.3) is 33.8 Å². The van der Waals surface area contributed by atoms with Crippen LogP contribution in [-0.4, -0.2) is 38.6 Å². The Morgan fingerprint density at radius 3 is 2.22 bits per heavy atom. The highest BCUT2D eigenvalue weighted by molar-refractivity contribution is 7.89. The highest BCUT2D eigenvalue weighted by Gasteiger charge is 2.39. The fraction of sp³-hybridized carbons (Fsp3) is 0.111. The molecule has 0 aliphatic carbocycles. The predicted octanol–water partition coefficient (Wildman–Crippen LogP) is 2.18. The number of hydrogen-bond donors (Lipinski definition) is 3. The summed E-state index contributed by atoms with van der Waals surface area (Å²) in [5.41, 5.74) is 5.72. The number of aromatic amines is 1. The van der Waals surface area contributed by atoms with Crippen LogP contribution in [0.1, 0.15) is 5.56 Å². The van der Waals surface area contributed by atoms with Gasteiger partial charge in [-0.25, -0.2) is 18.5 Å². The second kappa shape index (κ2) is 7.42. The van der Waals surface area contributed by atoms with Gasteiger partial charge in [0.1, 0.15) is 4.90 Å². The largest absolute Gasteiger partial charge is 0.417 e. The number of rotatable bonds is 4. The van der Waals surface area contributed by atoms with E-state index in [-0.39, 0.29) is 11.4 Å². The quantitative estimate of drug-likeness (QED) is 0.417. The van der Waals surface area contributed by atoms with Crippen molar-refractivity contribution >= 4 is 16.0 Å². The number of alkyl halides is 3. The first-order valence-electron chi connectivity index (χ1n) is 8.87. The third kappa shape index (κ3) is 3.80. The summed E-state index contributed by atoms with van der Waals surface area (Å²) in [7, 11) is -3.09. The standard InChI is InChI=1S/C18H15F3N8O2S/c1-29-8-13(24-17(29)22)10-4-2-9(3-5-10)11-6-7-12(18(19,20)21)15(32(23,30)31)14(11)16-25-27-28-26-16/h2-8H,1H3,(H2,22,24)(H2,23,30,31)(H,25,26,27,28). The van der Waals surface area contributed by atoms with Crippen molar-refractivity contribution in [1.29, 1.82) is 0 Å². The second-order valence-corrected chi connectivity index (χ2v) is 8.31. The third-order valence-corrected chi connectivity index (χ3v) is 5.71. The number of tetrazole rings is 1. The van der Waals surface area contributed by atoms with Gasteiger partial charge in [-0.1, -0.05) is 30.3 Å². The lowest BCUT2D eigenvalue weighted by atomic mass is 9.95. The van der Waals surface area contributed by atoms with Crippen LogP contribution in [0.4, 0.5) is 19.1 Å². The minimum Gasteiger partial charge on any atom is -0.369 e. The van der Waals surface area contributed by atoms with Gasteiger partial charge in [0.15, 0.2) is 5.95 Å². The smallest absolute Gasteiger partial charge is 0.369 e. The number of nitrogen functional groups attached to an aromatic ring is 1. The number of nitrogens with zero attached hydrogens (tertiary/aromatic N) is 5. The average molecular weight is 464 g/mol. The minimum absolute atomic E-state index is 0.121. The minimum atomic E-state index is -4.98. The fourth-order valence-electron chi connectivity index (χ4n) is 3.27. The number of halogens is 3. The molecule has 32 heavy (non-hydrogen) atoms. The van der Waals surface area contributed by atoms with Gasteiger partial charge >= 0.3 is 6.18 Å². The van der Waals surface area contributed by atoms with Gasteiger partial charge in [-0.05, 0) is 22.4 Å². The van der Waals surface area contributed by atoms with Gasteiger partial charge in [-0.3, -0.25) is 0 Å². The fourth-order valence-corrected chi connectivity index (χ4v) is 4.25. The molecule has 0 bridgehead atoms. The van der Waals surface area contributed by atoms with Gasteiger partial charge in [0.05, 0.1) is 16.8 Å². The zero-order chi connectivity index (χ0) is 23.3. The van der Waals surface area contributed by atoms with Crippen LogP contribution >= 0.6 is 0 Å². The summed E-state index contributed by atoms with van der Waals surface area (Å²) in [6, 6.07) is 8.33. The van der Waals surface area contributed by atoms with Gasteiger partial charge in [0.2, 0.25) is 15.8 Å². The van der Waals surface area contributed by atoms with E-state index < -0.39 is 32.2 Å². The van der Waals surface area contributed by atoms with Crippen LogP contribution in [0.2, 0.25) is 0 Å². The molecule has 5 N–H and O–H groups in total. The van der Waals surface area contributed by atoms with E-state index in [4.69, 9.17) is 10.9 Å². The molecule has 0 aliphatic rings. The first kappa shape index (κ1) is 21.5. The molecular formula is C18H15F3N8O2S. The number of sulfonamides is 1. The first-order chi connectivity index (χ1) is 15.0. The molecular weight excluding hydrogens is 449 g/mol. The number of nitrogens with one attached hydrogen (secondary N) is 1. The van der Waals surface area contributed by atoms with Gasteiger partial charge in [0, 0.05) is 18.8 Å². The number of aryl methyl sites for hydroxylation is 1. The molecule has 0 atom stereocenters. The van der Waals surface area contributed by atoms with Crippen LogP contribution in [0.5, 0.6) is 0 Å². The number of hydrogen-bond acceptors (Lipinski definition) is 7. The molecule has 2 heterocycles. The number of nitrogens with two attached hydrogens (primary N) is 2. The lowest BCUT2D eigenvalue weighted by Crippen LogP contribution is -2.21. The van der Waals surface area contributed by atoms with Crippen molar-refractivity contribution < 1.29 is 21.6 Å². The maximum absolute atomic E-state index is 13.6. The Morgan fingerprint density at radius 2 is 1.72 bits per heavy atom. The molecule has 0 unspecified atom stereocenters. The molecule has 10 nitrogen and oxygen atoms in total. The summed E-state index contributed by atoms with van der Waals surface area (Å²) < 4.78 is 66.9. The van der Waals surface area contributed by atoms with E-state index in [0.717, 1.165) is 6.07 Å². The van der Waals surface area contributed by atoms with Crippen molar-refractivity contribution in [2.24, 2.45) is 12.2 Å². The SMILES string of the molecule is Cn1cc(-c2ccc(-c3ccc(C(F)(F)F)c(S(N)(=O)=O)c3-c3nn[nH]n3)cc2)nc1N. The molecule has 0 aliphatic heterocycles. The molecule has 2 aromatic heterocycles. The van der Waals surface area contributed by atoms with Crippen LogP contribution in [0.15, 0.2) is 47.5 Å². The topological polar surface area (TPSA) is 158 Å². The predicted molar refractivity (Wildman–Crippen MR) is 108 cm³/mol. The molecule has 0 saturated heterocycles. The Morgan fingerprint density at radius 1 is 1.06 bits per heavy atom. The Balaban J connectivity index is 1.95. The number of aromatic nitrogens is 6. The maximum Gasteiger partial charge on any atom is 0.417 e. The summed E-state index contributed by atoms with van der Waals surface area (Å²) in [6.45, 7) is 0. The molecule has 0 radical (unpaired) electrons. The van der Waals surface area contributed by atoms with E-state index >= 15 is 0 Å². The molecule has 2 aromatic carbocycles. The number of benzene rings is 2. The van der Waals surface area contributed by atoms with Crippen molar-refractivity contribution in [2.75, 3.05) is 5.73 Å². The zero-order valence-corrected chi connectivity index (χ0v) is 17.1. The average Bonchev–Trinajstić information content (AvgIpc) is 3.36. The number of H-pyrrole nitrogens is 1. The van der Waals surface area contributed by atoms with Crippen molar-refractivity contribution in [1.82, 2.24) is 30.2 Å². The summed E-state index contributed by atoms with van der Waals surface area (Å²) >= 11 is 0. The van der Waals surface area contributed by atoms with Gasteiger partial charge in [-0.15, -0.1) is 10.2 Å². The van der Waals surface area contributed by atoms with Crippen molar-refractivity contribution in [3.63, 3.8) is 0 Å². The van der Waals surface area contributed by atoms with Crippen LogP contribution < -0.4 is 10.9 Å². The van der Waals surface area contributed by atoms with Crippen LogP contribution in [0.3, 0.4) is 0 Å². The normalized spacial score (nSPS) is 12.3. The van der Waals surface area contributed by atoms with E-state index in [9.17, 15) is 21.6 Å². The number of anilines is 1. The zero-order valence-electron chi connectivity index (χ0n) is 16.3. The first-order valence-corrected chi connectivity index (χ1v) is 10.4. The molecule has 0 saturated carbocycles. The molecule has 4 aromatic rings. The second-order valence-electron chi connectivity index (χ2n) is 6.82. The Hall–Kier alpha value is -3.78. The lowest BCUT2D eigenvalue weighted by Gasteiger charge is -2.17. The van der Waals surface area contributed by atoms with Crippen molar-refractivity contribution in [3.05, 3.63) is 48.2 Å². The van der Waals surface area contributed by atoms with Crippen LogP contribution in [-0.2, 0) is 23.2 Å². The van der Waals surface area contributed by atoms with E-state index in [1.165, 1.54) is 0 Å². The Kier molecular flexibility index (Phi) is 4.97. The summed E-state index contributed by atoms with van der Waals surface area (Å²) in [5, 5.41) is 18.0. The Labute approximate surface area is 179 Å². The summed E-state index contributed by atoms with van der Waals surface area (Å²) in [4.78, 5) is 3.08. The summed E-state index contributed by atoms with van der Waals surface area (Å²) in [6.07, 6.45) is -3.27. The van der Waals surface area contributed by atoms with Gasteiger partial charge in [0.25, 0.3) is 0 Å². The Bertz CT molecular complexity index is 1380. The van der Waals surface area contributed by atoms with E-state index in [0.29, 0.717) is 28.8 Å². The molecule has 0 spiro atoms.